The lowest BCUT2D eigenvalue weighted by molar-refractivity contribution is 0.102. The van der Waals surface area contributed by atoms with E-state index in [1.165, 1.54) is 20.3 Å². The van der Waals surface area contributed by atoms with Crippen LogP contribution in [0.3, 0.4) is 0 Å². The van der Waals surface area contributed by atoms with Gasteiger partial charge in [0.15, 0.2) is 0 Å². The van der Waals surface area contributed by atoms with Crippen molar-refractivity contribution in [2.45, 2.75) is 0 Å². The van der Waals surface area contributed by atoms with Crippen molar-refractivity contribution in [3.63, 3.8) is 0 Å². The molecule has 2 amide bonds. The average molecular weight is 445 g/mol. The zero-order valence-corrected chi connectivity index (χ0v) is 17.7. The number of benzene rings is 3. The number of methoxy groups -OCH3 is 2. The van der Waals surface area contributed by atoms with E-state index in [1.54, 1.807) is 54.6 Å². The average Bonchev–Trinajstić information content (AvgIpc) is 2.76. The summed E-state index contributed by atoms with van der Waals surface area (Å²) in [5, 5.41) is 6.12. The normalized spacial score (nSPS) is 10.3. The Morgan fingerprint density at radius 2 is 1.13 bits per heavy atom. The van der Waals surface area contributed by atoms with Crippen LogP contribution >= 0.6 is 23.2 Å². The van der Waals surface area contributed by atoms with Crippen LogP contribution in [0.4, 0.5) is 11.4 Å². The Morgan fingerprint density at radius 3 is 1.50 bits per heavy atom. The summed E-state index contributed by atoms with van der Waals surface area (Å²) in [5.74, 6) is 0.348. The van der Waals surface area contributed by atoms with Gasteiger partial charge in [0, 0.05) is 23.3 Å². The van der Waals surface area contributed by atoms with Gasteiger partial charge in [0.25, 0.3) is 11.8 Å². The SMILES string of the molecule is COc1ccc(NC(=O)c2cccc(C(=O)Nc3ccc(OC)cc3Cl)c2)c(Cl)c1. The summed E-state index contributed by atoms with van der Waals surface area (Å²) < 4.78 is 10.2. The predicted molar refractivity (Wildman–Crippen MR) is 118 cm³/mol. The number of hydrogen-bond donors (Lipinski definition) is 2. The molecule has 0 spiro atoms. The number of carbonyl (C=O) groups excluding carboxylic acids is 2. The Bertz CT molecular complexity index is 1020. The molecule has 154 valence electrons. The van der Waals surface area contributed by atoms with E-state index in [9.17, 15) is 9.59 Å². The maximum Gasteiger partial charge on any atom is 0.255 e. The molecule has 0 saturated carbocycles. The number of ether oxygens (including phenoxy) is 2. The van der Waals surface area contributed by atoms with E-state index in [-0.39, 0.29) is 0 Å². The number of halogens is 2. The van der Waals surface area contributed by atoms with Crippen molar-refractivity contribution in [1.29, 1.82) is 0 Å². The molecule has 3 rings (SSSR count). The highest BCUT2D eigenvalue weighted by atomic mass is 35.5. The predicted octanol–water partition coefficient (Wildman–Crippen LogP) is 5.52. The number of anilines is 2. The lowest BCUT2D eigenvalue weighted by atomic mass is 10.1. The Morgan fingerprint density at radius 1 is 0.700 bits per heavy atom. The van der Waals surface area contributed by atoms with Gasteiger partial charge in [0.1, 0.15) is 11.5 Å². The van der Waals surface area contributed by atoms with Gasteiger partial charge in [-0.1, -0.05) is 29.3 Å². The van der Waals surface area contributed by atoms with Crippen LogP contribution in [0, 0.1) is 0 Å². The molecule has 30 heavy (non-hydrogen) atoms. The van der Waals surface area contributed by atoms with Crippen molar-refractivity contribution in [1.82, 2.24) is 0 Å². The summed E-state index contributed by atoms with van der Waals surface area (Å²) in [6.45, 7) is 0. The number of hydrogen-bond acceptors (Lipinski definition) is 4. The molecule has 0 fully saturated rings. The molecule has 0 unspecified atom stereocenters. The van der Waals surface area contributed by atoms with E-state index in [2.05, 4.69) is 10.6 Å². The van der Waals surface area contributed by atoms with E-state index < -0.39 is 11.8 Å². The van der Waals surface area contributed by atoms with Crippen LogP contribution < -0.4 is 20.1 Å². The Kier molecular flexibility index (Phi) is 6.82. The Labute approximate surface area is 183 Å². The van der Waals surface area contributed by atoms with E-state index in [1.807, 2.05) is 0 Å². The van der Waals surface area contributed by atoms with Crippen LogP contribution in [0.2, 0.25) is 10.0 Å². The zero-order chi connectivity index (χ0) is 21.7. The molecule has 2 N–H and O–H groups in total. The summed E-state index contributed by atoms with van der Waals surface area (Å²) in [5.41, 5.74) is 1.47. The minimum absolute atomic E-state index is 0.301. The summed E-state index contributed by atoms with van der Waals surface area (Å²) in [6, 6.07) is 16.2. The van der Waals surface area contributed by atoms with Crippen molar-refractivity contribution < 1.29 is 19.1 Å². The fraction of sp³-hybridized carbons (Fsp3) is 0.0909. The summed E-state index contributed by atoms with van der Waals surface area (Å²) >= 11 is 12.3. The highest BCUT2D eigenvalue weighted by Crippen LogP contribution is 2.28. The summed E-state index contributed by atoms with van der Waals surface area (Å²) in [6.07, 6.45) is 0. The molecule has 0 bridgehead atoms. The number of carbonyl (C=O) groups is 2. The molecule has 0 aliphatic rings. The van der Waals surface area contributed by atoms with Crippen LogP contribution in [0.5, 0.6) is 11.5 Å². The van der Waals surface area contributed by atoms with Gasteiger partial charge < -0.3 is 20.1 Å². The first-order valence-electron chi connectivity index (χ1n) is 8.81. The number of nitrogens with one attached hydrogen (secondary N) is 2. The van der Waals surface area contributed by atoms with Crippen molar-refractivity contribution in [2.24, 2.45) is 0 Å². The highest BCUT2D eigenvalue weighted by Gasteiger charge is 2.14. The Hall–Kier alpha value is -3.22. The third kappa shape index (κ3) is 5.03. The maximum atomic E-state index is 12.6. The van der Waals surface area contributed by atoms with Gasteiger partial charge in [-0.15, -0.1) is 0 Å². The molecular weight excluding hydrogens is 427 g/mol. The van der Waals surface area contributed by atoms with Crippen LogP contribution in [0.25, 0.3) is 0 Å². The Balaban J connectivity index is 1.75. The van der Waals surface area contributed by atoms with Gasteiger partial charge in [0.05, 0.1) is 35.6 Å². The maximum absolute atomic E-state index is 12.6. The third-order valence-corrected chi connectivity index (χ3v) is 4.86. The minimum Gasteiger partial charge on any atom is -0.497 e. The second kappa shape index (κ2) is 9.52. The van der Waals surface area contributed by atoms with Gasteiger partial charge in [-0.3, -0.25) is 9.59 Å². The number of rotatable bonds is 6. The van der Waals surface area contributed by atoms with Crippen molar-refractivity contribution in [3.8, 4) is 11.5 Å². The topological polar surface area (TPSA) is 76.7 Å². The first-order valence-corrected chi connectivity index (χ1v) is 9.56. The fourth-order valence-corrected chi connectivity index (χ4v) is 3.07. The molecule has 0 atom stereocenters. The van der Waals surface area contributed by atoms with Gasteiger partial charge in [-0.2, -0.15) is 0 Å². The van der Waals surface area contributed by atoms with Crippen molar-refractivity contribution in [3.05, 3.63) is 81.8 Å². The molecule has 3 aromatic rings. The van der Waals surface area contributed by atoms with Crippen LogP contribution in [0.1, 0.15) is 20.7 Å². The monoisotopic (exact) mass is 444 g/mol. The molecule has 3 aromatic carbocycles. The fourth-order valence-electron chi connectivity index (χ4n) is 2.64. The van der Waals surface area contributed by atoms with Gasteiger partial charge in [-0.25, -0.2) is 0 Å². The van der Waals surface area contributed by atoms with E-state index in [0.717, 1.165) is 0 Å². The molecule has 0 saturated heterocycles. The number of amides is 2. The van der Waals surface area contributed by atoms with Crippen LogP contribution in [0.15, 0.2) is 60.7 Å². The first kappa shape index (κ1) is 21.5. The second-order valence-corrected chi connectivity index (χ2v) is 7.00. The van der Waals surface area contributed by atoms with Gasteiger partial charge in [-0.05, 0) is 42.5 Å². The summed E-state index contributed by atoms with van der Waals surface area (Å²) in [4.78, 5) is 25.2. The molecule has 0 aliphatic heterocycles. The molecule has 0 aliphatic carbocycles. The third-order valence-electron chi connectivity index (χ3n) is 4.24. The lowest BCUT2D eigenvalue weighted by Gasteiger charge is -2.11. The van der Waals surface area contributed by atoms with E-state index >= 15 is 0 Å². The molecular formula is C22H18Cl2N2O4. The molecule has 0 aromatic heterocycles. The van der Waals surface area contributed by atoms with Crippen LogP contribution in [-0.2, 0) is 0 Å². The first-order chi connectivity index (χ1) is 14.4. The zero-order valence-electron chi connectivity index (χ0n) is 16.2. The van der Waals surface area contributed by atoms with E-state index in [0.29, 0.717) is 44.0 Å². The van der Waals surface area contributed by atoms with Crippen LogP contribution in [-0.4, -0.2) is 26.0 Å². The molecule has 8 heteroatoms. The largest absolute Gasteiger partial charge is 0.497 e. The molecule has 0 heterocycles. The van der Waals surface area contributed by atoms with Gasteiger partial charge in [0.2, 0.25) is 0 Å². The smallest absolute Gasteiger partial charge is 0.255 e. The second-order valence-electron chi connectivity index (χ2n) is 6.18. The van der Waals surface area contributed by atoms with Gasteiger partial charge >= 0.3 is 0 Å². The quantitative estimate of drug-likeness (QED) is 0.524. The molecule has 6 nitrogen and oxygen atoms in total. The van der Waals surface area contributed by atoms with Crippen molar-refractivity contribution >= 4 is 46.4 Å². The van der Waals surface area contributed by atoms with Crippen molar-refractivity contribution in [2.75, 3.05) is 24.9 Å². The minimum atomic E-state index is -0.404. The summed E-state index contributed by atoms with van der Waals surface area (Å²) in [7, 11) is 3.05. The van der Waals surface area contributed by atoms with E-state index in [4.69, 9.17) is 32.7 Å². The lowest BCUT2D eigenvalue weighted by Crippen LogP contribution is -2.16. The molecule has 0 radical (unpaired) electrons. The standard InChI is InChI=1S/C22H18Cl2N2O4/c1-29-15-6-8-19(17(23)11-15)25-21(27)13-4-3-5-14(10-13)22(28)26-20-9-7-16(30-2)12-18(20)24/h3-12H,1-2H3,(H,25,27)(H,26,28). The highest BCUT2D eigenvalue weighted by molar-refractivity contribution is 6.34.